The summed E-state index contributed by atoms with van der Waals surface area (Å²) in [5.41, 5.74) is 10.2. The van der Waals surface area contributed by atoms with Crippen LogP contribution in [0, 0.1) is 0 Å². The van der Waals surface area contributed by atoms with Crippen molar-refractivity contribution in [3.63, 3.8) is 0 Å². The first-order valence-corrected chi connectivity index (χ1v) is 8.68. The van der Waals surface area contributed by atoms with Crippen LogP contribution in [-0.4, -0.2) is 65.2 Å². The molecule has 6 nitrogen and oxygen atoms in total. The van der Waals surface area contributed by atoms with E-state index in [-0.39, 0.29) is 0 Å². The molecule has 2 atom stereocenters. The zero-order valence-electron chi connectivity index (χ0n) is 9.00. The van der Waals surface area contributed by atoms with Gasteiger partial charge in [-0.2, -0.15) is 0 Å². The van der Waals surface area contributed by atoms with Gasteiger partial charge in [-0.05, 0) is 0 Å². The number of carboxylic acid groups (broad SMARTS) is 2. The van der Waals surface area contributed by atoms with Crippen molar-refractivity contribution in [1.82, 2.24) is 0 Å². The third-order valence-corrected chi connectivity index (χ3v) is 3.64. The summed E-state index contributed by atoms with van der Waals surface area (Å²) < 4.78 is 0. The molecule has 0 aliphatic carbocycles. The van der Waals surface area contributed by atoms with Gasteiger partial charge in [0.15, 0.2) is 0 Å². The van der Waals surface area contributed by atoms with Gasteiger partial charge in [-0.15, -0.1) is 0 Å². The Morgan fingerprint density at radius 2 is 1.69 bits per heavy atom. The van der Waals surface area contributed by atoms with Crippen LogP contribution in [0.1, 0.15) is 6.42 Å². The summed E-state index contributed by atoms with van der Waals surface area (Å²) >= 11 is 2.68. The molecule has 0 aliphatic rings. The molecule has 0 radical (unpaired) electrons. The Balaban J connectivity index is 0. The predicted molar refractivity (Wildman–Crippen MR) is 64.2 cm³/mol. The fourth-order valence-corrected chi connectivity index (χ4v) is 1.80. The summed E-state index contributed by atoms with van der Waals surface area (Å²) in [6.45, 7) is 0. The summed E-state index contributed by atoms with van der Waals surface area (Å²) in [7, 11) is 0. The number of hydrogen-bond acceptors (Lipinski definition) is 4. The van der Waals surface area contributed by atoms with Gasteiger partial charge in [0, 0.05) is 0 Å². The SMILES string of the molecule is C[Se]CCC(N)C(=O)O.NC(C[SeH])C(=O)O. The zero-order chi connectivity index (χ0) is 13.1. The number of hydrogen-bond donors (Lipinski definition) is 4. The first-order chi connectivity index (χ1) is 7.36. The van der Waals surface area contributed by atoms with Crippen molar-refractivity contribution < 1.29 is 19.8 Å². The van der Waals surface area contributed by atoms with Gasteiger partial charge in [-0.1, -0.05) is 0 Å². The molecule has 96 valence electrons. The Kier molecular flexibility index (Phi) is 13.0. The van der Waals surface area contributed by atoms with Crippen LogP contribution in [0.3, 0.4) is 0 Å². The Morgan fingerprint density at radius 3 is 1.88 bits per heavy atom. The monoisotopic (exact) mass is 366 g/mol. The second-order valence-corrected chi connectivity index (χ2v) is 5.69. The van der Waals surface area contributed by atoms with Crippen LogP contribution in [0.2, 0.25) is 16.5 Å². The van der Waals surface area contributed by atoms with Gasteiger partial charge in [0.05, 0.1) is 0 Å². The van der Waals surface area contributed by atoms with Crippen LogP contribution < -0.4 is 11.5 Å². The summed E-state index contributed by atoms with van der Waals surface area (Å²) in [6.07, 6.45) is 0.617. The molecule has 16 heavy (non-hydrogen) atoms. The van der Waals surface area contributed by atoms with Crippen molar-refractivity contribution in [3.8, 4) is 0 Å². The van der Waals surface area contributed by atoms with Crippen LogP contribution in [0.5, 0.6) is 0 Å². The average Bonchev–Trinajstić information content (AvgIpc) is 2.25. The molecular formula is C8H18N2O4Se2. The summed E-state index contributed by atoms with van der Waals surface area (Å²) in [5, 5.41) is 17.7. The minimum absolute atomic E-state index is 0.433. The topological polar surface area (TPSA) is 127 Å². The van der Waals surface area contributed by atoms with E-state index in [9.17, 15) is 9.59 Å². The Labute approximate surface area is 109 Å². The van der Waals surface area contributed by atoms with E-state index in [2.05, 4.69) is 21.8 Å². The molecule has 8 heteroatoms. The average molecular weight is 364 g/mol. The van der Waals surface area contributed by atoms with Gasteiger partial charge < -0.3 is 0 Å². The van der Waals surface area contributed by atoms with E-state index in [1.54, 1.807) is 0 Å². The molecule has 0 aromatic heterocycles. The van der Waals surface area contributed by atoms with Gasteiger partial charge in [0.2, 0.25) is 0 Å². The number of carbonyl (C=O) groups is 2. The second-order valence-electron chi connectivity index (χ2n) is 2.85. The van der Waals surface area contributed by atoms with Gasteiger partial charge in [0.25, 0.3) is 0 Å². The second kappa shape index (κ2) is 11.4. The standard InChI is InChI=1S/C5H11NO2Se.C3H7NO2Se/c1-9-3-2-4(6)5(7)8;4-2(1-7)3(5)6/h4H,2-3,6H2,1H3,(H,7,8);2,7H,1,4H2,(H,5,6). The molecule has 0 aromatic rings. The maximum atomic E-state index is 10.1. The predicted octanol–water partition coefficient (Wildman–Crippen LogP) is -1.32. The molecule has 0 heterocycles. The molecule has 0 bridgehead atoms. The molecule has 0 saturated carbocycles. The Hall–Kier alpha value is -0.101. The summed E-state index contributed by atoms with van der Waals surface area (Å²) in [4.78, 5) is 19.9. The molecule has 0 amide bonds. The van der Waals surface area contributed by atoms with E-state index in [0.29, 0.717) is 26.7 Å². The van der Waals surface area contributed by atoms with Gasteiger partial charge >= 0.3 is 109 Å². The van der Waals surface area contributed by atoms with Crippen LogP contribution in [0.15, 0.2) is 0 Å². The van der Waals surface area contributed by atoms with Gasteiger partial charge in [-0.25, -0.2) is 0 Å². The number of nitrogens with two attached hydrogens (primary N) is 2. The van der Waals surface area contributed by atoms with Crippen LogP contribution >= 0.6 is 0 Å². The maximum absolute atomic E-state index is 10.1. The summed E-state index contributed by atoms with van der Waals surface area (Å²) in [6, 6.07) is -1.35. The van der Waals surface area contributed by atoms with E-state index in [1.165, 1.54) is 0 Å². The van der Waals surface area contributed by atoms with E-state index < -0.39 is 24.0 Å². The van der Waals surface area contributed by atoms with Crippen molar-refractivity contribution >= 4 is 42.9 Å². The fourth-order valence-electron chi connectivity index (χ4n) is 0.446. The zero-order valence-corrected chi connectivity index (χ0v) is 12.6. The molecule has 0 spiro atoms. The molecule has 6 N–H and O–H groups in total. The van der Waals surface area contributed by atoms with Gasteiger partial charge in [0.1, 0.15) is 0 Å². The molecule has 0 aromatic carbocycles. The van der Waals surface area contributed by atoms with Crippen LogP contribution in [0.4, 0.5) is 0 Å². The molecule has 2 unspecified atom stereocenters. The van der Waals surface area contributed by atoms with E-state index >= 15 is 0 Å². The molecular weight excluding hydrogens is 346 g/mol. The van der Waals surface area contributed by atoms with Crippen molar-refractivity contribution in [2.24, 2.45) is 11.5 Å². The first kappa shape index (κ1) is 18.3. The molecule has 0 aliphatic heterocycles. The third-order valence-electron chi connectivity index (χ3n) is 1.46. The number of carboxylic acids is 2. The van der Waals surface area contributed by atoms with Crippen molar-refractivity contribution in [2.75, 3.05) is 0 Å². The quantitative estimate of drug-likeness (QED) is 0.433. The molecule has 0 rings (SSSR count). The first-order valence-electron chi connectivity index (χ1n) is 4.43. The normalized spacial score (nSPS) is 13.2. The van der Waals surface area contributed by atoms with Crippen LogP contribution in [0.25, 0.3) is 0 Å². The Morgan fingerprint density at radius 1 is 1.25 bits per heavy atom. The number of rotatable bonds is 6. The Bertz CT molecular complexity index is 216. The summed E-state index contributed by atoms with van der Waals surface area (Å²) in [5.74, 6) is 0.238. The van der Waals surface area contributed by atoms with E-state index in [0.717, 1.165) is 5.32 Å². The van der Waals surface area contributed by atoms with Crippen molar-refractivity contribution in [2.45, 2.75) is 35.0 Å². The minimum atomic E-state index is -0.944. The number of aliphatic carboxylic acids is 2. The fraction of sp³-hybridized carbons (Fsp3) is 0.750. The molecule has 0 saturated heterocycles. The van der Waals surface area contributed by atoms with E-state index in [4.69, 9.17) is 21.7 Å². The van der Waals surface area contributed by atoms with Crippen molar-refractivity contribution in [3.05, 3.63) is 0 Å². The van der Waals surface area contributed by atoms with Gasteiger partial charge in [-0.3, -0.25) is 0 Å². The molecule has 0 fully saturated rings. The van der Waals surface area contributed by atoms with Crippen molar-refractivity contribution in [1.29, 1.82) is 0 Å². The van der Waals surface area contributed by atoms with E-state index in [1.807, 2.05) is 0 Å². The van der Waals surface area contributed by atoms with Crippen LogP contribution in [-0.2, 0) is 9.59 Å². The third kappa shape index (κ3) is 12.0.